The van der Waals surface area contributed by atoms with Crippen molar-refractivity contribution >= 4 is 17.2 Å². The van der Waals surface area contributed by atoms with Gasteiger partial charge in [0.25, 0.3) is 5.69 Å². The van der Waals surface area contributed by atoms with Crippen LogP contribution in [0.5, 0.6) is 0 Å². The zero-order chi connectivity index (χ0) is 17.0. The lowest BCUT2D eigenvalue weighted by Gasteiger charge is -2.27. The highest BCUT2D eigenvalue weighted by Gasteiger charge is 2.20. The second-order valence-corrected chi connectivity index (χ2v) is 6.60. The number of carbonyl (C=O) groups excluding carboxylic acids is 1. The van der Waals surface area contributed by atoms with Gasteiger partial charge >= 0.3 is 5.97 Å². The normalized spacial score (nSPS) is 15.9. The van der Waals surface area contributed by atoms with Gasteiger partial charge < -0.3 is 4.74 Å². The van der Waals surface area contributed by atoms with E-state index < -0.39 is 10.5 Å². The molecule has 0 saturated carbocycles. The van der Waals surface area contributed by atoms with Gasteiger partial charge in [0.2, 0.25) is 0 Å². The number of carbonyl (C=O) groups is 1. The van der Waals surface area contributed by atoms with Crippen LogP contribution in [0.4, 0.5) is 5.69 Å². The average Bonchev–Trinajstić information content (AvgIpc) is 2.46. The Morgan fingerprint density at radius 1 is 1.30 bits per heavy atom. The molecule has 0 bridgehead atoms. The van der Waals surface area contributed by atoms with Crippen molar-refractivity contribution in [3.05, 3.63) is 46.0 Å². The second kappa shape index (κ2) is 6.91. The molecule has 0 spiro atoms. The molecule has 0 atom stereocenters. The molecule has 23 heavy (non-hydrogen) atoms. The van der Waals surface area contributed by atoms with Gasteiger partial charge in [-0.15, -0.1) is 0 Å². The summed E-state index contributed by atoms with van der Waals surface area (Å²) in [4.78, 5) is 24.1. The van der Waals surface area contributed by atoms with Gasteiger partial charge in [0, 0.05) is 25.2 Å². The van der Waals surface area contributed by atoms with E-state index >= 15 is 0 Å². The fraction of sp³-hybridized carbons (Fsp3) is 0.471. The lowest BCUT2D eigenvalue weighted by molar-refractivity contribution is -0.384. The maximum Gasteiger partial charge on any atom is 0.320 e. The van der Waals surface area contributed by atoms with Crippen molar-refractivity contribution in [2.24, 2.45) is 0 Å². The standard InChI is InChI=1S/C17H22N2O4/c1-17(2,3)23-16(20)12-18-10-8-14(9-11-18)13-4-6-15(7-5-13)19(21)22/h4-8H,9-12H2,1-3H3. The van der Waals surface area contributed by atoms with E-state index in [9.17, 15) is 14.9 Å². The summed E-state index contributed by atoms with van der Waals surface area (Å²) in [5, 5.41) is 10.7. The molecule has 0 unspecified atom stereocenters. The molecule has 1 heterocycles. The largest absolute Gasteiger partial charge is 0.459 e. The summed E-state index contributed by atoms with van der Waals surface area (Å²) >= 11 is 0. The van der Waals surface area contributed by atoms with Crippen LogP contribution in [0, 0.1) is 10.1 Å². The van der Waals surface area contributed by atoms with Crippen LogP contribution in [-0.4, -0.2) is 41.0 Å². The minimum absolute atomic E-state index is 0.0942. The number of benzene rings is 1. The van der Waals surface area contributed by atoms with E-state index in [2.05, 4.69) is 6.08 Å². The van der Waals surface area contributed by atoms with Gasteiger partial charge in [0.05, 0.1) is 11.5 Å². The summed E-state index contributed by atoms with van der Waals surface area (Å²) in [6, 6.07) is 6.58. The number of rotatable bonds is 4. The molecule has 0 saturated heterocycles. The third-order valence-electron chi connectivity index (χ3n) is 3.51. The Bertz CT molecular complexity index is 614. The van der Waals surface area contributed by atoms with Crippen molar-refractivity contribution in [2.45, 2.75) is 32.8 Å². The van der Waals surface area contributed by atoms with Crippen molar-refractivity contribution in [3.63, 3.8) is 0 Å². The Balaban J connectivity index is 1.93. The molecule has 0 amide bonds. The highest BCUT2D eigenvalue weighted by molar-refractivity contribution is 5.73. The van der Waals surface area contributed by atoms with E-state index in [1.165, 1.54) is 12.1 Å². The van der Waals surface area contributed by atoms with E-state index in [1.807, 2.05) is 25.7 Å². The summed E-state index contributed by atoms with van der Waals surface area (Å²) in [6.45, 7) is 7.28. The van der Waals surface area contributed by atoms with E-state index in [4.69, 9.17) is 4.74 Å². The van der Waals surface area contributed by atoms with Crippen molar-refractivity contribution in [3.8, 4) is 0 Å². The summed E-state index contributed by atoms with van der Waals surface area (Å²) < 4.78 is 5.32. The van der Waals surface area contributed by atoms with E-state index in [-0.39, 0.29) is 18.2 Å². The molecular weight excluding hydrogens is 296 g/mol. The minimum atomic E-state index is -0.466. The predicted molar refractivity (Wildman–Crippen MR) is 88.0 cm³/mol. The molecule has 1 aliphatic heterocycles. The zero-order valence-corrected chi connectivity index (χ0v) is 13.7. The first kappa shape index (κ1) is 17.1. The van der Waals surface area contributed by atoms with Crippen LogP contribution in [0.15, 0.2) is 30.3 Å². The Morgan fingerprint density at radius 2 is 1.96 bits per heavy atom. The molecule has 6 nitrogen and oxygen atoms in total. The van der Waals surface area contributed by atoms with Crippen LogP contribution in [0.2, 0.25) is 0 Å². The van der Waals surface area contributed by atoms with Crippen molar-refractivity contribution in [1.82, 2.24) is 4.90 Å². The van der Waals surface area contributed by atoms with Gasteiger partial charge in [0.1, 0.15) is 5.60 Å². The van der Waals surface area contributed by atoms with E-state index in [0.717, 1.165) is 24.1 Å². The maximum absolute atomic E-state index is 11.8. The third-order valence-corrected chi connectivity index (χ3v) is 3.51. The molecule has 0 aliphatic carbocycles. The fourth-order valence-corrected chi connectivity index (χ4v) is 2.47. The topological polar surface area (TPSA) is 72.7 Å². The summed E-state index contributed by atoms with van der Waals surface area (Å²) in [6.07, 6.45) is 2.87. The SMILES string of the molecule is CC(C)(C)OC(=O)CN1CC=C(c2ccc([N+](=O)[O-])cc2)CC1. The number of hydrogen-bond acceptors (Lipinski definition) is 5. The molecular formula is C17H22N2O4. The number of nitro benzene ring substituents is 1. The first-order valence-corrected chi connectivity index (χ1v) is 7.63. The fourth-order valence-electron chi connectivity index (χ4n) is 2.47. The molecule has 0 fully saturated rings. The molecule has 0 aromatic heterocycles. The van der Waals surface area contributed by atoms with Crippen molar-refractivity contribution in [1.29, 1.82) is 0 Å². The Hall–Kier alpha value is -2.21. The van der Waals surface area contributed by atoms with E-state index in [0.29, 0.717) is 6.54 Å². The monoisotopic (exact) mass is 318 g/mol. The summed E-state index contributed by atoms with van der Waals surface area (Å²) in [5.74, 6) is -0.218. The first-order valence-electron chi connectivity index (χ1n) is 7.63. The molecule has 1 aromatic rings. The zero-order valence-electron chi connectivity index (χ0n) is 13.7. The number of nitrogens with zero attached hydrogens (tertiary/aromatic N) is 2. The Morgan fingerprint density at radius 3 is 2.43 bits per heavy atom. The number of non-ortho nitro benzene ring substituents is 1. The van der Waals surface area contributed by atoms with Gasteiger partial charge in [-0.05, 0) is 50.5 Å². The Labute approximate surface area is 135 Å². The lowest BCUT2D eigenvalue weighted by Crippen LogP contribution is -2.37. The number of ether oxygens (including phenoxy) is 1. The molecule has 6 heteroatoms. The smallest absolute Gasteiger partial charge is 0.320 e. The molecule has 0 N–H and O–H groups in total. The molecule has 0 radical (unpaired) electrons. The average molecular weight is 318 g/mol. The number of hydrogen-bond donors (Lipinski definition) is 0. The predicted octanol–water partition coefficient (Wildman–Crippen LogP) is 3.03. The van der Waals surface area contributed by atoms with Crippen LogP contribution in [0.25, 0.3) is 5.57 Å². The first-order chi connectivity index (χ1) is 10.7. The van der Waals surface area contributed by atoms with Crippen molar-refractivity contribution < 1.29 is 14.5 Å². The van der Waals surface area contributed by atoms with Gasteiger partial charge in [0.15, 0.2) is 0 Å². The highest BCUT2D eigenvalue weighted by atomic mass is 16.6. The summed E-state index contributed by atoms with van der Waals surface area (Å²) in [5.41, 5.74) is 1.77. The van der Waals surface area contributed by atoms with Crippen LogP contribution in [-0.2, 0) is 9.53 Å². The van der Waals surface area contributed by atoms with Gasteiger partial charge in [-0.3, -0.25) is 19.8 Å². The highest BCUT2D eigenvalue weighted by Crippen LogP contribution is 2.24. The van der Waals surface area contributed by atoms with Gasteiger partial charge in [-0.1, -0.05) is 6.08 Å². The Kier molecular flexibility index (Phi) is 5.15. The van der Waals surface area contributed by atoms with Crippen molar-refractivity contribution in [2.75, 3.05) is 19.6 Å². The van der Waals surface area contributed by atoms with Crippen LogP contribution >= 0.6 is 0 Å². The van der Waals surface area contributed by atoms with Crippen LogP contribution < -0.4 is 0 Å². The number of nitro groups is 1. The molecule has 2 rings (SSSR count). The summed E-state index contributed by atoms with van der Waals surface area (Å²) in [7, 11) is 0. The van der Waals surface area contributed by atoms with E-state index in [1.54, 1.807) is 12.1 Å². The molecule has 1 aromatic carbocycles. The quantitative estimate of drug-likeness (QED) is 0.485. The third kappa shape index (κ3) is 5.17. The molecule has 1 aliphatic rings. The maximum atomic E-state index is 11.8. The van der Waals surface area contributed by atoms with Gasteiger partial charge in [-0.25, -0.2) is 0 Å². The molecule has 124 valence electrons. The van der Waals surface area contributed by atoms with Crippen LogP contribution in [0.1, 0.15) is 32.8 Å². The number of esters is 1. The minimum Gasteiger partial charge on any atom is -0.459 e. The second-order valence-electron chi connectivity index (χ2n) is 6.60. The van der Waals surface area contributed by atoms with Crippen LogP contribution in [0.3, 0.4) is 0 Å². The lowest BCUT2D eigenvalue weighted by atomic mass is 9.99. The van der Waals surface area contributed by atoms with Gasteiger partial charge in [-0.2, -0.15) is 0 Å².